The molecular formula is C54H104N26O8. The lowest BCUT2D eigenvalue weighted by molar-refractivity contribution is -0.136. The minimum atomic E-state index is -1.05. The molecule has 34 heteroatoms. The first-order valence-electron chi connectivity index (χ1n) is 29.6. The topological polar surface area (TPSA) is 704 Å². The van der Waals surface area contributed by atoms with Gasteiger partial charge in [0.15, 0.2) is 47.7 Å². The number of rotatable bonds is 53. The van der Waals surface area contributed by atoms with Crippen LogP contribution in [0.2, 0.25) is 0 Å². The van der Waals surface area contributed by atoms with Crippen LogP contribution in [0.3, 0.4) is 0 Å². The summed E-state index contributed by atoms with van der Waals surface area (Å²) in [6.45, 7) is 0.847. The van der Waals surface area contributed by atoms with Crippen LogP contribution >= 0.6 is 0 Å². The first-order valence-corrected chi connectivity index (χ1v) is 29.6. The minimum absolute atomic E-state index is 0.00264. The van der Waals surface area contributed by atoms with Crippen molar-refractivity contribution in [1.82, 2.24) is 0 Å². The van der Waals surface area contributed by atoms with E-state index < -0.39 is 100 Å². The number of hydrogen-bond acceptors (Lipinski definition) is 17. The molecule has 8 atom stereocenters. The van der Waals surface area contributed by atoms with E-state index in [-0.39, 0.29) is 222 Å². The van der Waals surface area contributed by atoms with E-state index in [0.717, 1.165) is 0 Å². The lowest BCUT2D eigenvalue weighted by Crippen LogP contribution is -2.34. The van der Waals surface area contributed by atoms with Crippen molar-refractivity contribution >= 4 is 94.1 Å². The Kier molecular flexibility index (Phi) is 41.1. The minimum Gasteiger partial charge on any atom is -0.370 e. The number of nitrogens with zero attached hydrogens (tertiary/aromatic N) is 8. The maximum atomic E-state index is 14.9. The number of carbonyl (C=O) groups excluding carboxylic acids is 8. The van der Waals surface area contributed by atoms with Gasteiger partial charge < -0.3 is 103 Å². The largest absolute Gasteiger partial charge is 0.370 e. The summed E-state index contributed by atoms with van der Waals surface area (Å²) in [6, 6.07) is -0.944. The summed E-state index contributed by atoms with van der Waals surface area (Å²) in [7, 11) is 0. The van der Waals surface area contributed by atoms with Crippen LogP contribution in [-0.2, 0) is 38.4 Å². The molecule has 0 fully saturated rings. The Morgan fingerprint density at radius 1 is 0.216 bits per heavy atom. The predicted molar refractivity (Wildman–Crippen MR) is 344 cm³/mol. The van der Waals surface area contributed by atoms with Gasteiger partial charge in [0.25, 0.3) is 0 Å². The van der Waals surface area contributed by atoms with Gasteiger partial charge in [0.05, 0.1) is 6.04 Å². The summed E-state index contributed by atoms with van der Waals surface area (Å²) in [5.41, 5.74) is 101. The first-order chi connectivity index (χ1) is 41.4. The Labute approximate surface area is 515 Å². The number of ketones is 7. The zero-order valence-corrected chi connectivity index (χ0v) is 51.1. The molecule has 0 aliphatic carbocycles. The summed E-state index contributed by atoms with van der Waals surface area (Å²) in [6.07, 6.45) is 0.350. The fraction of sp³-hybridized carbons (Fsp3) is 0.704. The number of amides is 1. The molecule has 0 aliphatic heterocycles. The maximum absolute atomic E-state index is 14.9. The molecule has 0 saturated heterocycles. The number of primary amides is 1. The van der Waals surface area contributed by atoms with Gasteiger partial charge in [0.1, 0.15) is 40.5 Å². The maximum Gasteiger partial charge on any atom is 0.221 e. The number of aliphatic imine (C=N–C) groups is 8. The van der Waals surface area contributed by atoms with Gasteiger partial charge in [-0.2, -0.15) is 0 Å². The molecule has 0 aliphatic rings. The lowest BCUT2D eigenvalue weighted by atomic mass is 9.78. The number of hydrogen-bond donors (Lipinski definition) is 18. The quantitative estimate of drug-likeness (QED) is 0.0154. The highest BCUT2D eigenvalue weighted by atomic mass is 16.2. The van der Waals surface area contributed by atoms with Crippen LogP contribution in [0.5, 0.6) is 0 Å². The van der Waals surface area contributed by atoms with E-state index in [1.54, 1.807) is 0 Å². The fourth-order valence-electron chi connectivity index (χ4n) is 9.76. The van der Waals surface area contributed by atoms with Gasteiger partial charge in [-0.1, -0.05) is 0 Å². The zero-order chi connectivity index (χ0) is 66.7. The van der Waals surface area contributed by atoms with Crippen molar-refractivity contribution in [2.24, 2.45) is 185 Å². The summed E-state index contributed by atoms with van der Waals surface area (Å²) in [5, 5.41) is 0. The van der Waals surface area contributed by atoms with Crippen LogP contribution in [0.1, 0.15) is 141 Å². The van der Waals surface area contributed by atoms with Crippen LogP contribution in [0.15, 0.2) is 39.9 Å². The molecule has 0 rings (SSSR count). The van der Waals surface area contributed by atoms with Crippen molar-refractivity contribution in [3.63, 3.8) is 0 Å². The summed E-state index contributed by atoms with van der Waals surface area (Å²) >= 11 is 0. The van der Waals surface area contributed by atoms with Crippen molar-refractivity contribution in [3.05, 3.63) is 0 Å². The summed E-state index contributed by atoms with van der Waals surface area (Å²) in [5.74, 6) is -12.4. The Balaban J connectivity index is 7.48. The molecule has 498 valence electrons. The number of guanidine groups is 8. The smallest absolute Gasteiger partial charge is 0.221 e. The third-order valence-corrected chi connectivity index (χ3v) is 14.5. The second-order valence-electron chi connectivity index (χ2n) is 21.8. The van der Waals surface area contributed by atoms with E-state index in [1.165, 1.54) is 0 Å². The van der Waals surface area contributed by atoms with Gasteiger partial charge in [-0.05, 0) is 96.3 Å². The standard InChI is InChI=1S/C54H104N26O8/c55-38(14-7-22-79-53(69)70)45(87)29-36(13-6-21-78-52(67)68)43(85)27-34(11-4-19-76-50(63)64)41(83)25-32(9-2-17-74-48(59)60)39(81)24-31(8-1-16-73-47(57)58)40(82)26-33(10-3-18-75-49(61)62)42(84)28-35(12-5-20-77-51(65)66)44(86)30-37(46(56)88)15-23-80-54(71)72/h31-38H,1-30,55H2,(H2,56,88)(H4,57,58,73)(H4,59,60,74)(H4,61,62,75)(H4,63,64,76)(H4,65,66,77)(H4,67,68,78)(H4,69,70,79)(H4,71,72,80). The normalized spacial score (nSPS) is 13.6. The SMILES string of the molecule is NC(=O)C(CCN=C(N)N)CC(=O)C(CCCN=C(N)N)CC(=O)C(CCCN=C(N)N)CC(=O)C(CCCN=C(N)N)CC(=O)C(CCCN=C(N)N)CC(=O)C(CCCN=C(N)N)CC(=O)C(CCCN=C(N)N)CC(=O)C(N)CCCN=C(N)N. The van der Waals surface area contributed by atoms with Crippen LogP contribution < -0.4 is 103 Å². The van der Waals surface area contributed by atoms with Crippen LogP contribution in [0, 0.1) is 41.4 Å². The van der Waals surface area contributed by atoms with E-state index in [9.17, 15) is 38.4 Å². The highest BCUT2D eigenvalue weighted by Gasteiger charge is 2.35. The monoisotopic (exact) mass is 1240 g/mol. The Morgan fingerprint density at radius 3 is 0.580 bits per heavy atom. The molecule has 36 N–H and O–H groups in total. The molecule has 34 nitrogen and oxygen atoms in total. The third kappa shape index (κ3) is 39.8. The van der Waals surface area contributed by atoms with Gasteiger partial charge in [-0.25, -0.2) is 0 Å². The van der Waals surface area contributed by atoms with E-state index in [2.05, 4.69) is 39.9 Å². The number of carbonyl (C=O) groups is 8. The molecule has 0 aromatic rings. The highest BCUT2D eigenvalue weighted by molar-refractivity contribution is 5.97. The van der Waals surface area contributed by atoms with Gasteiger partial charge in [-0.15, -0.1) is 0 Å². The summed E-state index contributed by atoms with van der Waals surface area (Å²) < 4.78 is 0. The molecule has 0 heterocycles. The van der Waals surface area contributed by atoms with Crippen LogP contribution in [-0.4, -0.2) is 152 Å². The molecule has 0 aromatic carbocycles. The second-order valence-corrected chi connectivity index (χ2v) is 21.8. The van der Waals surface area contributed by atoms with E-state index in [4.69, 9.17) is 103 Å². The molecule has 0 aromatic heterocycles. The van der Waals surface area contributed by atoms with Gasteiger partial charge in [0.2, 0.25) is 5.91 Å². The van der Waals surface area contributed by atoms with Gasteiger partial charge in [0, 0.05) is 139 Å². The first kappa shape index (κ1) is 79.3. The molecular weight excluding hydrogens is 1140 g/mol. The molecule has 8 unspecified atom stereocenters. The van der Waals surface area contributed by atoms with Crippen LogP contribution in [0.4, 0.5) is 0 Å². The lowest BCUT2D eigenvalue weighted by Gasteiger charge is -2.25. The Hall–Kier alpha value is -8.72. The predicted octanol–water partition coefficient (Wildman–Crippen LogP) is -5.13. The van der Waals surface area contributed by atoms with Crippen LogP contribution in [0.25, 0.3) is 0 Å². The van der Waals surface area contributed by atoms with Crippen molar-refractivity contribution in [2.75, 3.05) is 52.4 Å². The molecule has 0 bridgehead atoms. The summed E-state index contributed by atoms with van der Waals surface area (Å²) in [4.78, 5) is 146. The molecule has 0 radical (unpaired) electrons. The zero-order valence-electron chi connectivity index (χ0n) is 51.1. The van der Waals surface area contributed by atoms with E-state index in [0.29, 0.717) is 12.8 Å². The average Bonchev–Trinajstić information content (AvgIpc) is 3.65. The fourth-order valence-corrected chi connectivity index (χ4v) is 9.76. The van der Waals surface area contributed by atoms with Crippen molar-refractivity contribution < 1.29 is 38.4 Å². The Bertz CT molecular complexity index is 2450. The van der Waals surface area contributed by atoms with Crippen molar-refractivity contribution in [1.29, 1.82) is 0 Å². The molecule has 0 saturated carbocycles. The molecule has 0 spiro atoms. The van der Waals surface area contributed by atoms with Gasteiger partial charge >= 0.3 is 0 Å². The number of Topliss-reactive ketones (excluding diaryl/α,β-unsaturated/α-hetero) is 7. The van der Waals surface area contributed by atoms with Crippen molar-refractivity contribution in [2.45, 2.75) is 147 Å². The van der Waals surface area contributed by atoms with Gasteiger partial charge in [-0.3, -0.25) is 78.3 Å². The van der Waals surface area contributed by atoms with Crippen molar-refractivity contribution in [3.8, 4) is 0 Å². The molecule has 88 heavy (non-hydrogen) atoms. The second kappa shape index (κ2) is 45.6. The van der Waals surface area contributed by atoms with E-state index in [1.807, 2.05) is 0 Å². The third-order valence-electron chi connectivity index (χ3n) is 14.5. The Morgan fingerprint density at radius 2 is 0.386 bits per heavy atom. The number of nitrogens with two attached hydrogens (primary N) is 18. The molecule has 1 amide bonds. The van der Waals surface area contributed by atoms with E-state index >= 15 is 0 Å². The highest BCUT2D eigenvalue weighted by Crippen LogP contribution is 2.31. The average molecular weight is 1250 g/mol.